The van der Waals surface area contributed by atoms with Crippen LogP contribution in [0.25, 0.3) is 22.9 Å². The predicted molar refractivity (Wildman–Crippen MR) is 103 cm³/mol. The zero-order valence-corrected chi connectivity index (χ0v) is 14.3. The SMILES string of the molecule is C=CC(=O)Nc1ccc(-c2nnc(-c3ccc(NC(=O)C=C)cc3)o2)cc1. The van der Waals surface area contributed by atoms with Gasteiger partial charge in [0.15, 0.2) is 0 Å². The third-order valence-electron chi connectivity index (χ3n) is 3.59. The molecule has 1 aromatic heterocycles. The molecule has 0 unspecified atom stereocenters. The molecule has 2 amide bonds. The highest BCUT2D eigenvalue weighted by molar-refractivity contribution is 5.99. The molecule has 27 heavy (non-hydrogen) atoms. The van der Waals surface area contributed by atoms with Gasteiger partial charge in [0, 0.05) is 22.5 Å². The molecule has 0 aliphatic rings. The molecule has 0 aliphatic carbocycles. The Hall–Kier alpha value is -4.00. The molecular formula is C20H16N4O3. The summed E-state index contributed by atoms with van der Waals surface area (Å²) in [5.41, 5.74) is 2.72. The fourth-order valence-corrected chi connectivity index (χ4v) is 2.24. The molecule has 1 heterocycles. The number of nitrogens with one attached hydrogen (secondary N) is 2. The highest BCUT2D eigenvalue weighted by atomic mass is 16.4. The molecule has 0 radical (unpaired) electrons. The number of anilines is 2. The number of rotatable bonds is 6. The number of carbonyl (C=O) groups is 2. The van der Waals surface area contributed by atoms with Crippen LogP contribution < -0.4 is 10.6 Å². The lowest BCUT2D eigenvalue weighted by atomic mass is 10.2. The van der Waals surface area contributed by atoms with Crippen molar-refractivity contribution in [1.29, 1.82) is 0 Å². The number of aromatic nitrogens is 2. The van der Waals surface area contributed by atoms with Gasteiger partial charge < -0.3 is 15.1 Å². The summed E-state index contributed by atoms with van der Waals surface area (Å²) in [6.45, 7) is 6.81. The van der Waals surface area contributed by atoms with Crippen LogP contribution in [0.3, 0.4) is 0 Å². The Labute approximate surface area is 155 Å². The first-order chi connectivity index (χ1) is 13.1. The summed E-state index contributed by atoms with van der Waals surface area (Å²) in [6.07, 6.45) is 2.40. The molecule has 3 aromatic rings. The maximum atomic E-state index is 11.3. The second-order valence-corrected chi connectivity index (χ2v) is 5.45. The number of hydrogen-bond acceptors (Lipinski definition) is 5. The van der Waals surface area contributed by atoms with E-state index in [0.717, 1.165) is 11.1 Å². The van der Waals surface area contributed by atoms with Gasteiger partial charge in [-0.2, -0.15) is 0 Å². The lowest BCUT2D eigenvalue weighted by Crippen LogP contribution is -2.06. The summed E-state index contributed by atoms with van der Waals surface area (Å²) >= 11 is 0. The average molecular weight is 360 g/mol. The van der Waals surface area contributed by atoms with E-state index in [2.05, 4.69) is 34.0 Å². The van der Waals surface area contributed by atoms with Gasteiger partial charge in [-0.15, -0.1) is 10.2 Å². The highest BCUT2D eigenvalue weighted by Gasteiger charge is 2.11. The van der Waals surface area contributed by atoms with E-state index in [4.69, 9.17) is 4.42 Å². The van der Waals surface area contributed by atoms with Crippen LogP contribution in [0.15, 0.2) is 78.3 Å². The van der Waals surface area contributed by atoms with E-state index in [0.29, 0.717) is 23.2 Å². The minimum Gasteiger partial charge on any atom is -0.416 e. The molecule has 3 rings (SSSR count). The molecule has 2 aromatic carbocycles. The van der Waals surface area contributed by atoms with Crippen LogP contribution in [0.1, 0.15) is 0 Å². The predicted octanol–water partition coefficient (Wildman–Crippen LogP) is 3.65. The number of benzene rings is 2. The zero-order chi connectivity index (χ0) is 19.2. The van der Waals surface area contributed by atoms with Crippen molar-refractivity contribution in [2.45, 2.75) is 0 Å². The Bertz CT molecular complexity index is 909. The monoisotopic (exact) mass is 360 g/mol. The third kappa shape index (κ3) is 4.35. The Morgan fingerprint density at radius 1 is 0.741 bits per heavy atom. The molecule has 0 bridgehead atoms. The Morgan fingerprint density at radius 2 is 1.11 bits per heavy atom. The van der Waals surface area contributed by atoms with E-state index < -0.39 is 0 Å². The maximum absolute atomic E-state index is 11.3. The fourth-order valence-electron chi connectivity index (χ4n) is 2.24. The molecule has 0 saturated heterocycles. The second kappa shape index (κ2) is 7.92. The summed E-state index contributed by atoms with van der Waals surface area (Å²) in [4.78, 5) is 22.6. The average Bonchev–Trinajstić information content (AvgIpc) is 3.19. The highest BCUT2D eigenvalue weighted by Crippen LogP contribution is 2.25. The van der Waals surface area contributed by atoms with E-state index in [1.807, 2.05) is 0 Å². The molecule has 7 heteroatoms. The van der Waals surface area contributed by atoms with Crippen LogP contribution >= 0.6 is 0 Å². The van der Waals surface area contributed by atoms with Gasteiger partial charge in [-0.05, 0) is 60.7 Å². The molecule has 0 spiro atoms. The summed E-state index contributed by atoms with van der Waals surface area (Å²) in [5.74, 6) is 0.150. The smallest absolute Gasteiger partial charge is 0.248 e. The molecular weight excluding hydrogens is 344 g/mol. The van der Waals surface area contributed by atoms with Gasteiger partial charge in [-0.3, -0.25) is 9.59 Å². The summed E-state index contributed by atoms with van der Waals surface area (Å²) in [6, 6.07) is 14.0. The van der Waals surface area contributed by atoms with Crippen LogP contribution in [-0.4, -0.2) is 22.0 Å². The molecule has 0 fully saturated rings. The number of amides is 2. The van der Waals surface area contributed by atoms with Gasteiger partial charge in [0.05, 0.1) is 0 Å². The van der Waals surface area contributed by atoms with Crippen molar-refractivity contribution >= 4 is 23.2 Å². The molecule has 7 nitrogen and oxygen atoms in total. The van der Waals surface area contributed by atoms with E-state index in [9.17, 15) is 9.59 Å². The van der Waals surface area contributed by atoms with Crippen molar-refractivity contribution in [2.24, 2.45) is 0 Å². The molecule has 2 N–H and O–H groups in total. The first kappa shape index (κ1) is 17.8. The number of carbonyl (C=O) groups excluding carboxylic acids is 2. The van der Waals surface area contributed by atoms with Crippen molar-refractivity contribution in [3.63, 3.8) is 0 Å². The van der Waals surface area contributed by atoms with Crippen molar-refractivity contribution in [3.05, 3.63) is 73.8 Å². The topological polar surface area (TPSA) is 97.1 Å². The summed E-state index contributed by atoms with van der Waals surface area (Å²) in [5, 5.41) is 13.4. The quantitative estimate of drug-likeness (QED) is 0.654. The van der Waals surface area contributed by atoms with Crippen molar-refractivity contribution in [3.8, 4) is 22.9 Å². The van der Waals surface area contributed by atoms with Gasteiger partial charge in [-0.1, -0.05) is 13.2 Å². The number of nitrogens with zero attached hydrogens (tertiary/aromatic N) is 2. The first-order valence-corrected chi connectivity index (χ1v) is 8.00. The Kier molecular flexibility index (Phi) is 5.22. The third-order valence-corrected chi connectivity index (χ3v) is 3.59. The second-order valence-electron chi connectivity index (χ2n) is 5.45. The maximum Gasteiger partial charge on any atom is 0.248 e. The van der Waals surface area contributed by atoms with Crippen LogP contribution in [0.5, 0.6) is 0 Å². The van der Waals surface area contributed by atoms with Crippen LogP contribution in [-0.2, 0) is 9.59 Å². The standard InChI is InChI=1S/C20H16N4O3/c1-3-17(25)21-15-9-5-13(6-10-15)19-23-24-20(27-19)14-7-11-16(12-8-14)22-18(26)4-2/h3-12H,1-2H2,(H,21,25)(H,22,26). The van der Waals surface area contributed by atoms with Gasteiger partial charge in [0.1, 0.15) is 0 Å². The van der Waals surface area contributed by atoms with Crippen LogP contribution in [0.4, 0.5) is 11.4 Å². The first-order valence-electron chi connectivity index (χ1n) is 8.00. The molecule has 0 aliphatic heterocycles. The lowest BCUT2D eigenvalue weighted by molar-refractivity contribution is -0.112. The van der Waals surface area contributed by atoms with Gasteiger partial charge >= 0.3 is 0 Å². The Balaban J connectivity index is 1.74. The number of hydrogen-bond donors (Lipinski definition) is 2. The molecule has 134 valence electrons. The van der Waals surface area contributed by atoms with Crippen LogP contribution in [0.2, 0.25) is 0 Å². The van der Waals surface area contributed by atoms with Crippen molar-refractivity contribution < 1.29 is 14.0 Å². The van der Waals surface area contributed by atoms with Gasteiger partial charge in [0.2, 0.25) is 23.6 Å². The lowest BCUT2D eigenvalue weighted by Gasteiger charge is -2.03. The van der Waals surface area contributed by atoms with Crippen molar-refractivity contribution in [1.82, 2.24) is 10.2 Å². The zero-order valence-electron chi connectivity index (χ0n) is 14.3. The summed E-state index contributed by atoms with van der Waals surface area (Å²) in [7, 11) is 0. The van der Waals surface area contributed by atoms with Gasteiger partial charge in [-0.25, -0.2) is 0 Å². The normalized spacial score (nSPS) is 10.1. The molecule has 0 atom stereocenters. The minimum atomic E-state index is -0.282. The van der Waals surface area contributed by atoms with E-state index >= 15 is 0 Å². The van der Waals surface area contributed by atoms with Gasteiger partial charge in [0.25, 0.3) is 0 Å². The molecule has 0 saturated carbocycles. The largest absolute Gasteiger partial charge is 0.416 e. The van der Waals surface area contributed by atoms with Crippen molar-refractivity contribution in [2.75, 3.05) is 10.6 Å². The Morgan fingerprint density at radius 3 is 1.44 bits per heavy atom. The van der Waals surface area contributed by atoms with E-state index in [1.165, 1.54) is 12.2 Å². The van der Waals surface area contributed by atoms with E-state index in [1.54, 1.807) is 48.5 Å². The summed E-state index contributed by atoms with van der Waals surface area (Å²) < 4.78 is 5.71. The van der Waals surface area contributed by atoms with E-state index in [-0.39, 0.29) is 11.8 Å². The fraction of sp³-hybridized carbons (Fsp3) is 0. The minimum absolute atomic E-state index is 0.282. The van der Waals surface area contributed by atoms with Crippen LogP contribution in [0, 0.1) is 0 Å².